The average Bonchev–Trinajstić information content (AvgIpc) is 2.33. The van der Waals surface area contributed by atoms with Gasteiger partial charge in [-0.15, -0.1) is 0 Å². The smallest absolute Gasteiger partial charge is 0.243 e. The van der Waals surface area contributed by atoms with Gasteiger partial charge < -0.3 is 11.1 Å². The zero-order valence-corrected chi connectivity index (χ0v) is 12.0. The molecule has 0 saturated carbocycles. The Morgan fingerprint density at radius 3 is 2.68 bits per heavy atom. The predicted molar refractivity (Wildman–Crippen MR) is 74.4 cm³/mol. The minimum Gasteiger partial charge on any atom is -0.398 e. The van der Waals surface area contributed by atoms with E-state index in [4.69, 9.17) is 17.3 Å². The molecule has 0 heterocycles. The first kappa shape index (κ1) is 15.7. The second-order valence-electron chi connectivity index (χ2n) is 3.86. The van der Waals surface area contributed by atoms with E-state index in [1.165, 1.54) is 18.2 Å². The van der Waals surface area contributed by atoms with E-state index in [1.54, 1.807) is 0 Å². The van der Waals surface area contributed by atoms with Crippen LogP contribution in [0.25, 0.3) is 0 Å². The fourth-order valence-corrected chi connectivity index (χ4v) is 2.60. The van der Waals surface area contributed by atoms with Gasteiger partial charge in [0, 0.05) is 11.6 Å². The van der Waals surface area contributed by atoms with Crippen molar-refractivity contribution in [1.29, 1.82) is 0 Å². The zero-order valence-electron chi connectivity index (χ0n) is 10.4. The first-order valence-corrected chi connectivity index (χ1v) is 7.54. The molecule has 19 heavy (non-hydrogen) atoms. The van der Waals surface area contributed by atoms with Crippen LogP contribution in [-0.2, 0) is 14.8 Å². The van der Waals surface area contributed by atoms with E-state index in [-0.39, 0.29) is 17.1 Å². The summed E-state index contributed by atoms with van der Waals surface area (Å²) >= 11 is 5.69. The van der Waals surface area contributed by atoms with Gasteiger partial charge in [0.1, 0.15) is 4.90 Å². The lowest BCUT2D eigenvalue weighted by atomic mass is 10.3. The highest BCUT2D eigenvalue weighted by atomic mass is 35.5. The molecule has 6 nitrogen and oxygen atoms in total. The summed E-state index contributed by atoms with van der Waals surface area (Å²) in [5, 5.41) is 2.91. The topological polar surface area (TPSA) is 101 Å². The maximum atomic E-state index is 11.9. The summed E-state index contributed by atoms with van der Waals surface area (Å²) < 4.78 is 26.0. The van der Waals surface area contributed by atoms with Crippen LogP contribution in [0.3, 0.4) is 0 Å². The highest BCUT2D eigenvalue weighted by Crippen LogP contribution is 2.21. The molecule has 0 spiro atoms. The van der Waals surface area contributed by atoms with Crippen molar-refractivity contribution in [1.82, 2.24) is 10.0 Å². The molecule has 8 heteroatoms. The summed E-state index contributed by atoms with van der Waals surface area (Å²) in [7, 11) is -3.82. The lowest BCUT2D eigenvalue weighted by Gasteiger charge is -2.09. The number of amides is 1. The van der Waals surface area contributed by atoms with E-state index in [9.17, 15) is 13.2 Å². The molecule has 4 N–H and O–H groups in total. The number of carbonyl (C=O) groups excluding carboxylic acids is 1. The van der Waals surface area contributed by atoms with Gasteiger partial charge in [-0.3, -0.25) is 4.79 Å². The molecule has 0 aliphatic carbocycles. The molecule has 0 radical (unpaired) electrons. The van der Waals surface area contributed by atoms with Crippen molar-refractivity contribution >= 4 is 33.2 Å². The maximum Gasteiger partial charge on any atom is 0.243 e. The van der Waals surface area contributed by atoms with Crippen LogP contribution in [0.1, 0.15) is 13.3 Å². The Morgan fingerprint density at radius 1 is 1.42 bits per heavy atom. The Balaban J connectivity index is 2.73. The molecule has 0 atom stereocenters. The molecule has 106 valence electrons. The van der Waals surface area contributed by atoms with Crippen LogP contribution in [0.5, 0.6) is 0 Å². The van der Waals surface area contributed by atoms with Gasteiger partial charge in [0.05, 0.1) is 12.2 Å². The third-order valence-corrected chi connectivity index (χ3v) is 3.97. The third-order valence-electron chi connectivity index (χ3n) is 2.26. The molecule has 1 aromatic carbocycles. The fraction of sp³-hybridized carbons (Fsp3) is 0.364. The Labute approximate surface area is 117 Å². The molecule has 1 rings (SSSR count). The molecule has 0 fully saturated rings. The van der Waals surface area contributed by atoms with Gasteiger partial charge in [-0.2, -0.15) is 0 Å². The van der Waals surface area contributed by atoms with E-state index in [0.717, 1.165) is 6.42 Å². The Hall–Kier alpha value is -1.31. The quantitative estimate of drug-likeness (QED) is 0.674. The number of carbonyl (C=O) groups is 1. The number of nitrogens with one attached hydrogen (secondary N) is 2. The van der Waals surface area contributed by atoms with Crippen LogP contribution >= 0.6 is 11.6 Å². The van der Waals surface area contributed by atoms with E-state index in [0.29, 0.717) is 11.6 Å². The maximum absolute atomic E-state index is 11.9. The minimum absolute atomic E-state index is 0.0361. The highest BCUT2D eigenvalue weighted by molar-refractivity contribution is 7.89. The van der Waals surface area contributed by atoms with E-state index in [1.807, 2.05) is 6.92 Å². The van der Waals surface area contributed by atoms with E-state index in [2.05, 4.69) is 10.0 Å². The second-order valence-corrected chi connectivity index (χ2v) is 6.03. The highest BCUT2D eigenvalue weighted by Gasteiger charge is 2.18. The standard InChI is InChI=1S/C11H16ClN3O3S/c1-2-5-14-11(16)7-15-19(17,18)10-4-3-8(12)6-9(10)13/h3-4,6,15H,2,5,7,13H2,1H3,(H,14,16). The van der Waals surface area contributed by atoms with Crippen molar-refractivity contribution in [3.8, 4) is 0 Å². The minimum atomic E-state index is -3.82. The van der Waals surface area contributed by atoms with Gasteiger partial charge in [0.25, 0.3) is 0 Å². The Kier molecular flexibility index (Phi) is 5.59. The Morgan fingerprint density at radius 2 is 2.11 bits per heavy atom. The largest absolute Gasteiger partial charge is 0.398 e. The SMILES string of the molecule is CCCNC(=O)CNS(=O)(=O)c1ccc(Cl)cc1N. The summed E-state index contributed by atoms with van der Waals surface area (Å²) in [5.74, 6) is -0.391. The molecule has 1 amide bonds. The number of benzene rings is 1. The molecule has 0 aliphatic heterocycles. The van der Waals surface area contributed by atoms with Crippen molar-refractivity contribution in [3.63, 3.8) is 0 Å². The van der Waals surface area contributed by atoms with Crippen molar-refractivity contribution in [2.24, 2.45) is 0 Å². The number of rotatable bonds is 6. The van der Waals surface area contributed by atoms with Gasteiger partial charge in [-0.1, -0.05) is 18.5 Å². The number of halogens is 1. The van der Waals surface area contributed by atoms with Crippen LogP contribution < -0.4 is 15.8 Å². The molecule has 0 aliphatic rings. The van der Waals surface area contributed by atoms with Gasteiger partial charge in [-0.25, -0.2) is 13.1 Å². The lowest BCUT2D eigenvalue weighted by molar-refractivity contribution is -0.119. The molecule has 1 aromatic rings. The fourth-order valence-electron chi connectivity index (χ4n) is 1.33. The third kappa shape index (κ3) is 4.70. The van der Waals surface area contributed by atoms with Crippen molar-refractivity contribution < 1.29 is 13.2 Å². The lowest BCUT2D eigenvalue weighted by Crippen LogP contribution is -2.37. The van der Waals surface area contributed by atoms with Gasteiger partial charge in [0.15, 0.2) is 0 Å². The van der Waals surface area contributed by atoms with Gasteiger partial charge >= 0.3 is 0 Å². The summed E-state index contributed by atoms with van der Waals surface area (Å²) in [4.78, 5) is 11.2. The summed E-state index contributed by atoms with van der Waals surface area (Å²) in [6.07, 6.45) is 0.780. The normalized spacial score (nSPS) is 11.3. The van der Waals surface area contributed by atoms with Crippen molar-refractivity contribution in [2.45, 2.75) is 18.2 Å². The Bertz CT molecular complexity index is 560. The number of hydrogen-bond donors (Lipinski definition) is 3. The van der Waals surface area contributed by atoms with Crippen molar-refractivity contribution in [3.05, 3.63) is 23.2 Å². The number of nitrogens with two attached hydrogens (primary N) is 1. The van der Waals surface area contributed by atoms with Crippen LogP contribution in [0.15, 0.2) is 23.1 Å². The first-order chi connectivity index (χ1) is 8.86. The summed E-state index contributed by atoms with van der Waals surface area (Å²) in [6.45, 7) is 2.08. The summed E-state index contributed by atoms with van der Waals surface area (Å²) in [6, 6.07) is 4.06. The molecule has 0 bridgehead atoms. The number of anilines is 1. The predicted octanol–water partition coefficient (Wildman–Crippen LogP) is 0.727. The zero-order chi connectivity index (χ0) is 14.5. The molecular formula is C11H16ClN3O3S. The second kappa shape index (κ2) is 6.74. The molecular weight excluding hydrogens is 290 g/mol. The van der Waals surface area contributed by atoms with Crippen LogP contribution in [0, 0.1) is 0 Å². The van der Waals surface area contributed by atoms with Gasteiger partial charge in [0.2, 0.25) is 15.9 Å². The van der Waals surface area contributed by atoms with E-state index < -0.39 is 15.9 Å². The monoisotopic (exact) mass is 305 g/mol. The van der Waals surface area contributed by atoms with Crippen LogP contribution in [0.4, 0.5) is 5.69 Å². The number of nitrogen functional groups attached to an aromatic ring is 1. The van der Waals surface area contributed by atoms with Crippen molar-refractivity contribution in [2.75, 3.05) is 18.8 Å². The molecule has 0 saturated heterocycles. The van der Waals surface area contributed by atoms with Crippen LogP contribution in [-0.4, -0.2) is 27.4 Å². The number of sulfonamides is 1. The molecule has 0 unspecified atom stereocenters. The van der Waals surface area contributed by atoms with E-state index >= 15 is 0 Å². The first-order valence-electron chi connectivity index (χ1n) is 5.68. The summed E-state index contributed by atoms with van der Waals surface area (Å²) in [5.41, 5.74) is 5.63. The van der Waals surface area contributed by atoms with Crippen LogP contribution in [0.2, 0.25) is 5.02 Å². The molecule has 0 aromatic heterocycles. The number of hydrogen-bond acceptors (Lipinski definition) is 4. The van der Waals surface area contributed by atoms with Gasteiger partial charge in [-0.05, 0) is 24.6 Å². The average molecular weight is 306 g/mol.